The molecular formula is C12H19NO3. The van der Waals surface area contributed by atoms with Gasteiger partial charge in [0.25, 0.3) is 0 Å². The van der Waals surface area contributed by atoms with Crippen LogP contribution < -0.4 is 15.4 Å². The number of ether oxygens (including phenoxy) is 2. The molecule has 0 aliphatic rings. The quantitative estimate of drug-likeness (QED) is 0.781. The van der Waals surface area contributed by atoms with Gasteiger partial charge in [0.05, 0.1) is 20.8 Å². The van der Waals surface area contributed by atoms with E-state index < -0.39 is 0 Å². The second-order valence-corrected chi connectivity index (χ2v) is 3.84. The molecule has 0 fully saturated rings. The van der Waals surface area contributed by atoms with Crippen molar-refractivity contribution >= 4 is 0 Å². The van der Waals surface area contributed by atoms with E-state index >= 15 is 0 Å². The molecule has 0 unspecified atom stereocenters. The number of hydrogen-bond donors (Lipinski definition) is 1. The first-order valence-electron chi connectivity index (χ1n) is 5.21. The maximum atomic E-state index is 5.42. The number of hydrogen-bond acceptors (Lipinski definition) is 4. The van der Waals surface area contributed by atoms with Crippen LogP contribution in [0.1, 0.15) is 30.9 Å². The number of rotatable bonds is 5. The summed E-state index contributed by atoms with van der Waals surface area (Å²) in [5.74, 6) is 7.02. The third kappa shape index (κ3) is 2.46. The van der Waals surface area contributed by atoms with E-state index in [0.717, 1.165) is 22.6 Å². The molecule has 0 aromatic heterocycles. The smallest absolute Gasteiger partial charge is 0.131 e. The molecule has 0 heterocycles. The van der Waals surface area contributed by atoms with Gasteiger partial charge >= 0.3 is 0 Å². The van der Waals surface area contributed by atoms with Crippen molar-refractivity contribution in [3.63, 3.8) is 0 Å². The Morgan fingerprint density at radius 1 is 1.19 bits per heavy atom. The van der Waals surface area contributed by atoms with Gasteiger partial charge in [-0.1, -0.05) is 13.8 Å². The standard InChI is InChI=1S/C12H19NO3/c1-8(2)11-10(14-3)6-5-9(7-16-13)12(11)15-4/h5-6,8H,7,13H2,1-4H3. The Hall–Kier alpha value is -1.26. The van der Waals surface area contributed by atoms with Gasteiger partial charge in [0, 0.05) is 11.1 Å². The van der Waals surface area contributed by atoms with E-state index in [2.05, 4.69) is 18.7 Å². The van der Waals surface area contributed by atoms with Crippen LogP contribution in [-0.4, -0.2) is 14.2 Å². The molecule has 0 atom stereocenters. The molecule has 2 N–H and O–H groups in total. The van der Waals surface area contributed by atoms with Crippen molar-refractivity contribution in [1.82, 2.24) is 0 Å². The molecule has 0 aliphatic heterocycles. The lowest BCUT2D eigenvalue weighted by Crippen LogP contribution is -2.05. The Morgan fingerprint density at radius 3 is 2.31 bits per heavy atom. The lowest BCUT2D eigenvalue weighted by molar-refractivity contribution is 0.122. The van der Waals surface area contributed by atoms with Gasteiger partial charge in [-0.15, -0.1) is 0 Å². The Morgan fingerprint density at radius 2 is 1.88 bits per heavy atom. The van der Waals surface area contributed by atoms with E-state index in [9.17, 15) is 0 Å². The predicted molar refractivity (Wildman–Crippen MR) is 62.6 cm³/mol. The summed E-state index contributed by atoms with van der Waals surface area (Å²) in [5, 5.41) is 0. The van der Waals surface area contributed by atoms with Crippen LogP contribution in [-0.2, 0) is 11.4 Å². The highest BCUT2D eigenvalue weighted by Crippen LogP contribution is 2.37. The minimum atomic E-state index is 0.308. The number of benzene rings is 1. The zero-order chi connectivity index (χ0) is 12.1. The van der Waals surface area contributed by atoms with Gasteiger partial charge in [0.2, 0.25) is 0 Å². The molecule has 0 amide bonds. The van der Waals surface area contributed by atoms with Crippen molar-refractivity contribution < 1.29 is 14.3 Å². The Labute approximate surface area is 96.3 Å². The maximum Gasteiger partial charge on any atom is 0.131 e. The van der Waals surface area contributed by atoms with Gasteiger partial charge in [-0.2, -0.15) is 0 Å². The van der Waals surface area contributed by atoms with Crippen molar-refractivity contribution in [1.29, 1.82) is 0 Å². The van der Waals surface area contributed by atoms with Crippen LogP contribution in [0.5, 0.6) is 11.5 Å². The second kappa shape index (κ2) is 5.72. The van der Waals surface area contributed by atoms with E-state index in [1.54, 1.807) is 14.2 Å². The minimum Gasteiger partial charge on any atom is -0.496 e. The van der Waals surface area contributed by atoms with Crippen LogP contribution in [0.2, 0.25) is 0 Å². The van der Waals surface area contributed by atoms with Gasteiger partial charge in [-0.05, 0) is 18.1 Å². The highest BCUT2D eigenvalue weighted by molar-refractivity contribution is 5.51. The summed E-state index contributed by atoms with van der Waals surface area (Å²) in [6.45, 7) is 4.51. The van der Waals surface area contributed by atoms with E-state index in [4.69, 9.17) is 15.4 Å². The third-order valence-corrected chi connectivity index (χ3v) is 2.48. The van der Waals surface area contributed by atoms with Crippen molar-refractivity contribution in [2.75, 3.05) is 14.2 Å². The van der Waals surface area contributed by atoms with Crippen molar-refractivity contribution in [3.05, 3.63) is 23.3 Å². The molecule has 4 nitrogen and oxygen atoms in total. The minimum absolute atomic E-state index is 0.308. The lowest BCUT2D eigenvalue weighted by atomic mass is 9.98. The molecule has 0 spiro atoms. The first kappa shape index (κ1) is 12.8. The molecule has 0 saturated carbocycles. The second-order valence-electron chi connectivity index (χ2n) is 3.84. The van der Waals surface area contributed by atoms with Gasteiger partial charge in [0.1, 0.15) is 11.5 Å². The fourth-order valence-corrected chi connectivity index (χ4v) is 1.80. The topological polar surface area (TPSA) is 53.7 Å². The fourth-order valence-electron chi connectivity index (χ4n) is 1.80. The van der Waals surface area contributed by atoms with Crippen LogP contribution in [0.4, 0.5) is 0 Å². The molecular weight excluding hydrogens is 206 g/mol. The molecule has 1 aromatic rings. The number of nitrogens with two attached hydrogens (primary N) is 1. The van der Waals surface area contributed by atoms with Gasteiger partial charge < -0.3 is 9.47 Å². The Kier molecular flexibility index (Phi) is 4.58. The summed E-state index contributed by atoms with van der Waals surface area (Å²) in [5.41, 5.74) is 1.97. The van der Waals surface area contributed by atoms with E-state index in [0.29, 0.717) is 12.5 Å². The SMILES string of the molecule is COc1ccc(CON)c(OC)c1C(C)C. The van der Waals surface area contributed by atoms with Gasteiger partial charge in [0.15, 0.2) is 0 Å². The molecule has 4 heteroatoms. The molecule has 0 bridgehead atoms. The maximum absolute atomic E-state index is 5.42. The summed E-state index contributed by atoms with van der Waals surface area (Å²) in [6.07, 6.45) is 0. The summed E-state index contributed by atoms with van der Waals surface area (Å²) in [4.78, 5) is 4.66. The Balaban J connectivity index is 3.31. The molecule has 0 saturated heterocycles. The molecule has 90 valence electrons. The molecule has 0 radical (unpaired) electrons. The summed E-state index contributed by atoms with van der Waals surface area (Å²) in [6, 6.07) is 3.81. The third-order valence-electron chi connectivity index (χ3n) is 2.48. The van der Waals surface area contributed by atoms with Crippen molar-refractivity contribution in [3.8, 4) is 11.5 Å². The predicted octanol–water partition coefficient (Wildman–Crippen LogP) is 2.22. The molecule has 1 aromatic carbocycles. The normalized spacial score (nSPS) is 10.6. The van der Waals surface area contributed by atoms with Crippen LogP contribution in [0, 0.1) is 0 Å². The van der Waals surface area contributed by atoms with Gasteiger partial charge in [-0.25, -0.2) is 5.90 Å². The van der Waals surface area contributed by atoms with Crippen LogP contribution >= 0.6 is 0 Å². The monoisotopic (exact) mass is 225 g/mol. The zero-order valence-electron chi connectivity index (χ0n) is 10.2. The van der Waals surface area contributed by atoms with Gasteiger partial charge in [-0.3, -0.25) is 4.84 Å². The van der Waals surface area contributed by atoms with Crippen LogP contribution in [0.15, 0.2) is 12.1 Å². The van der Waals surface area contributed by atoms with Crippen molar-refractivity contribution in [2.45, 2.75) is 26.4 Å². The Bertz CT molecular complexity index is 350. The lowest BCUT2D eigenvalue weighted by Gasteiger charge is -2.18. The molecule has 1 rings (SSSR count). The first-order chi connectivity index (χ1) is 7.65. The summed E-state index contributed by atoms with van der Waals surface area (Å²) in [7, 11) is 3.29. The summed E-state index contributed by atoms with van der Waals surface area (Å²) >= 11 is 0. The largest absolute Gasteiger partial charge is 0.496 e. The molecule has 0 aliphatic carbocycles. The molecule has 16 heavy (non-hydrogen) atoms. The van der Waals surface area contributed by atoms with Crippen LogP contribution in [0.25, 0.3) is 0 Å². The van der Waals surface area contributed by atoms with Crippen LogP contribution in [0.3, 0.4) is 0 Å². The number of methoxy groups -OCH3 is 2. The zero-order valence-corrected chi connectivity index (χ0v) is 10.2. The summed E-state index contributed by atoms with van der Waals surface area (Å²) < 4.78 is 10.7. The van der Waals surface area contributed by atoms with E-state index in [1.807, 2.05) is 12.1 Å². The fraction of sp³-hybridized carbons (Fsp3) is 0.500. The highest BCUT2D eigenvalue weighted by atomic mass is 16.6. The highest BCUT2D eigenvalue weighted by Gasteiger charge is 2.17. The first-order valence-corrected chi connectivity index (χ1v) is 5.21. The average molecular weight is 225 g/mol. The van der Waals surface area contributed by atoms with E-state index in [-0.39, 0.29) is 0 Å². The average Bonchev–Trinajstić information content (AvgIpc) is 2.28. The van der Waals surface area contributed by atoms with E-state index in [1.165, 1.54) is 0 Å². The van der Waals surface area contributed by atoms with Crippen molar-refractivity contribution in [2.24, 2.45) is 5.90 Å².